The highest BCUT2D eigenvalue weighted by molar-refractivity contribution is 9.10. The van der Waals surface area contributed by atoms with Crippen LogP contribution in [0, 0.1) is 12.7 Å². The van der Waals surface area contributed by atoms with Gasteiger partial charge in [-0.05, 0) is 42.8 Å². The van der Waals surface area contributed by atoms with Crippen LogP contribution in [0.4, 0.5) is 15.8 Å². The van der Waals surface area contributed by atoms with Gasteiger partial charge in [0.25, 0.3) is 0 Å². The molecule has 2 aromatic carbocycles. The Balaban J connectivity index is 2.05. The zero-order chi connectivity index (χ0) is 17.7. The van der Waals surface area contributed by atoms with Crippen molar-refractivity contribution in [2.24, 2.45) is 0 Å². The van der Waals surface area contributed by atoms with Gasteiger partial charge in [-0.15, -0.1) is 0 Å². The van der Waals surface area contributed by atoms with Crippen molar-refractivity contribution in [3.8, 4) is 0 Å². The Kier molecular flexibility index (Phi) is 6.09. The first-order valence-electron chi connectivity index (χ1n) is 7.47. The maximum Gasteiger partial charge on any atom is 0.226 e. The number of hydrogen-bond donors (Lipinski definition) is 1. The number of nitrogens with one attached hydrogen (secondary N) is 1. The van der Waals surface area contributed by atoms with Crippen LogP contribution in [-0.2, 0) is 9.59 Å². The van der Waals surface area contributed by atoms with Crippen LogP contribution in [0.25, 0.3) is 0 Å². The molecule has 0 saturated carbocycles. The van der Waals surface area contributed by atoms with Gasteiger partial charge < -0.3 is 10.2 Å². The molecular weight excluding hydrogens is 375 g/mol. The van der Waals surface area contributed by atoms with Crippen molar-refractivity contribution in [1.82, 2.24) is 0 Å². The fourth-order valence-corrected chi connectivity index (χ4v) is 2.83. The van der Waals surface area contributed by atoms with Gasteiger partial charge in [0.15, 0.2) is 0 Å². The molecule has 2 amide bonds. The molecule has 0 unspecified atom stereocenters. The molecule has 0 aliphatic heterocycles. The largest absolute Gasteiger partial charge is 0.324 e. The van der Waals surface area contributed by atoms with Crippen LogP contribution < -0.4 is 10.2 Å². The Labute approximate surface area is 148 Å². The zero-order valence-electron chi connectivity index (χ0n) is 13.5. The smallest absolute Gasteiger partial charge is 0.226 e. The van der Waals surface area contributed by atoms with E-state index in [2.05, 4.69) is 21.2 Å². The molecule has 2 rings (SSSR count). The fraction of sp³-hybridized carbons (Fsp3) is 0.222. The minimum Gasteiger partial charge on any atom is -0.324 e. The number of carbonyl (C=O) groups is 2. The van der Waals surface area contributed by atoms with Crippen molar-refractivity contribution >= 4 is 39.1 Å². The second-order valence-electron chi connectivity index (χ2n) is 5.38. The van der Waals surface area contributed by atoms with Crippen LogP contribution >= 0.6 is 15.9 Å². The van der Waals surface area contributed by atoms with E-state index in [1.165, 1.54) is 19.1 Å². The summed E-state index contributed by atoms with van der Waals surface area (Å²) >= 11 is 3.39. The predicted molar refractivity (Wildman–Crippen MR) is 96.6 cm³/mol. The lowest BCUT2D eigenvalue weighted by Crippen LogP contribution is -2.32. The third-order valence-corrected chi connectivity index (χ3v) is 4.03. The third-order valence-electron chi connectivity index (χ3n) is 3.54. The third kappa shape index (κ3) is 4.64. The van der Waals surface area contributed by atoms with E-state index in [-0.39, 0.29) is 30.5 Å². The number of halogens is 2. The van der Waals surface area contributed by atoms with Gasteiger partial charge in [-0.1, -0.05) is 28.1 Å². The number of para-hydroxylation sites is 1. The van der Waals surface area contributed by atoms with Crippen molar-refractivity contribution in [3.05, 3.63) is 58.3 Å². The van der Waals surface area contributed by atoms with Crippen molar-refractivity contribution in [2.75, 3.05) is 16.8 Å². The summed E-state index contributed by atoms with van der Waals surface area (Å²) in [7, 11) is 0. The molecule has 1 N–H and O–H groups in total. The molecular formula is C18H18BrFN2O2. The maximum atomic E-state index is 13.5. The molecule has 24 heavy (non-hydrogen) atoms. The molecule has 6 heteroatoms. The second-order valence-corrected chi connectivity index (χ2v) is 6.30. The average Bonchev–Trinajstić information content (AvgIpc) is 2.51. The number of carbonyl (C=O) groups excluding carboxylic acids is 2. The van der Waals surface area contributed by atoms with Crippen LogP contribution in [-0.4, -0.2) is 18.4 Å². The quantitative estimate of drug-likeness (QED) is 0.825. The topological polar surface area (TPSA) is 49.4 Å². The number of hydrogen-bond acceptors (Lipinski definition) is 2. The molecule has 0 radical (unpaired) electrons. The van der Waals surface area contributed by atoms with E-state index in [0.29, 0.717) is 0 Å². The first-order valence-corrected chi connectivity index (χ1v) is 8.26. The Morgan fingerprint density at radius 3 is 2.54 bits per heavy atom. The highest BCUT2D eigenvalue weighted by atomic mass is 79.9. The molecule has 0 atom stereocenters. The van der Waals surface area contributed by atoms with E-state index < -0.39 is 5.82 Å². The van der Waals surface area contributed by atoms with E-state index in [0.717, 1.165) is 15.7 Å². The molecule has 0 aliphatic carbocycles. The van der Waals surface area contributed by atoms with E-state index in [4.69, 9.17) is 0 Å². The average molecular weight is 393 g/mol. The number of rotatable bonds is 5. The van der Waals surface area contributed by atoms with Gasteiger partial charge in [0.2, 0.25) is 11.8 Å². The van der Waals surface area contributed by atoms with E-state index in [9.17, 15) is 14.0 Å². The van der Waals surface area contributed by atoms with Gasteiger partial charge in [-0.3, -0.25) is 9.59 Å². The Hall–Kier alpha value is -2.21. The molecule has 0 fully saturated rings. The highest BCUT2D eigenvalue weighted by Crippen LogP contribution is 2.24. The van der Waals surface area contributed by atoms with Crippen LogP contribution in [0.2, 0.25) is 0 Å². The van der Waals surface area contributed by atoms with Crippen LogP contribution in [0.1, 0.15) is 18.9 Å². The van der Waals surface area contributed by atoms with Crippen LogP contribution in [0.15, 0.2) is 46.9 Å². The number of nitrogens with zero attached hydrogens (tertiary/aromatic N) is 1. The van der Waals surface area contributed by atoms with Gasteiger partial charge in [0.05, 0.1) is 5.69 Å². The number of anilines is 2. The van der Waals surface area contributed by atoms with Gasteiger partial charge in [0, 0.05) is 30.0 Å². The summed E-state index contributed by atoms with van der Waals surface area (Å²) in [6.45, 7) is 3.57. The van der Waals surface area contributed by atoms with Crippen molar-refractivity contribution in [1.29, 1.82) is 0 Å². The van der Waals surface area contributed by atoms with E-state index in [1.807, 2.05) is 25.1 Å². The molecule has 0 heterocycles. The lowest BCUT2D eigenvalue weighted by Gasteiger charge is -2.23. The normalized spacial score (nSPS) is 10.3. The molecule has 2 aromatic rings. The molecule has 0 saturated heterocycles. The first-order chi connectivity index (χ1) is 11.4. The SMILES string of the molecule is CC(=O)N(CCC(=O)Nc1ccccc1F)c1ccc(Br)cc1C. The van der Waals surface area contributed by atoms with Gasteiger partial charge in [-0.25, -0.2) is 4.39 Å². The number of benzene rings is 2. The molecule has 0 bridgehead atoms. The Morgan fingerprint density at radius 2 is 1.92 bits per heavy atom. The molecule has 4 nitrogen and oxygen atoms in total. The summed E-state index contributed by atoms with van der Waals surface area (Å²) in [4.78, 5) is 25.5. The predicted octanol–water partition coefficient (Wildman–Crippen LogP) is 4.28. The zero-order valence-corrected chi connectivity index (χ0v) is 15.1. The van der Waals surface area contributed by atoms with Gasteiger partial charge in [0.1, 0.15) is 5.82 Å². The van der Waals surface area contributed by atoms with Gasteiger partial charge in [-0.2, -0.15) is 0 Å². The monoisotopic (exact) mass is 392 g/mol. The number of amides is 2. The van der Waals surface area contributed by atoms with Crippen molar-refractivity contribution in [3.63, 3.8) is 0 Å². The summed E-state index contributed by atoms with van der Waals surface area (Å²) in [6.07, 6.45) is 0.0728. The summed E-state index contributed by atoms with van der Waals surface area (Å²) in [5.41, 5.74) is 1.81. The minimum absolute atomic E-state index is 0.0728. The first kappa shape index (κ1) is 18.1. The molecule has 0 spiro atoms. The lowest BCUT2D eigenvalue weighted by atomic mass is 10.1. The Morgan fingerprint density at radius 1 is 1.21 bits per heavy atom. The lowest BCUT2D eigenvalue weighted by molar-refractivity contribution is -0.117. The summed E-state index contributed by atoms with van der Waals surface area (Å²) in [6, 6.07) is 11.6. The second kappa shape index (κ2) is 8.06. The summed E-state index contributed by atoms with van der Waals surface area (Å²) in [5, 5.41) is 2.52. The maximum absolute atomic E-state index is 13.5. The fourth-order valence-electron chi connectivity index (χ4n) is 2.36. The minimum atomic E-state index is -0.488. The molecule has 126 valence electrons. The van der Waals surface area contributed by atoms with Crippen LogP contribution in [0.3, 0.4) is 0 Å². The van der Waals surface area contributed by atoms with Crippen molar-refractivity contribution in [2.45, 2.75) is 20.3 Å². The summed E-state index contributed by atoms with van der Waals surface area (Å²) < 4.78 is 14.5. The standard InChI is InChI=1S/C18H18BrFN2O2/c1-12-11-14(19)7-8-17(12)22(13(2)23)10-9-18(24)21-16-6-4-3-5-15(16)20/h3-8,11H,9-10H2,1-2H3,(H,21,24). The Bertz CT molecular complexity index is 764. The van der Waals surface area contributed by atoms with Gasteiger partial charge >= 0.3 is 0 Å². The summed E-state index contributed by atoms with van der Waals surface area (Å²) in [5.74, 6) is -0.988. The van der Waals surface area contributed by atoms with E-state index in [1.54, 1.807) is 17.0 Å². The molecule has 0 aliphatic rings. The molecule has 0 aromatic heterocycles. The van der Waals surface area contributed by atoms with Crippen molar-refractivity contribution < 1.29 is 14.0 Å². The van der Waals surface area contributed by atoms with E-state index >= 15 is 0 Å². The number of aryl methyl sites for hydroxylation is 1. The van der Waals surface area contributed by atoms with Crippen LogP contribution in [0.5, 0.6) is 0 Å². The highest BCUT2D eigenvalue weighted by Gasteiger charge is 2.16.